The van der Waals surface area contributed by atoms with Crippen LogP contribution in [0.2, 0.25) is 5.02 Å². The van der Waals surface area contributed by atoms with Crippen molar-refractivity contribution in [2.24, 2.45) is 0 Å². The number of halogens is 2. The van der Waals surface area contributed by atoms with Crippen LogP contribution < -0.4 is 4.18 Å². The van der Waals surface area contributed by atoms with Gasteiger partial charge < -0.3 is 4.18 Å². The van der Waals surface area contributed by atoms with Crippen molar-refractivity contribution in [3.05, 3.63) is 95.8 Å². The Balaban J connectivity index is 1.79. The largest absolute Gasteiger partial charge is 0.358 e. The van der Waals surface area contributed by atoms with Crippen molar-refractivity contribution in [2.75, 3.05) is 0 Å². The highest BCUT2D eigenvalue weighted by molar-refractivity contribution is 7.87. The molecular weight excluding hydrogens is 415 g/mol. The smallest absolute Gasteiger partial charge is 0.340 e. The van der Waals surface area contributed by atoms with Gasteiger partial charge in [-0.05, 0) is 48.5 Å². The van der Waals surface area contributed by atoms with Crippen molar-refractivity contribution in [2.45, 2.75) is 4.90 Å². The lowest BCUT2D eigenvalue weighted by atomic mass is 10.2. The number of hydrogen-bond donors (Lipinski definition) is 0. The van der Waals surface area contributed by atoms with Crippen molar-refractivity contribution >= 4 is 21.7 Å². The zero-order valence-electron chi connectivity index (χ0n) is 14.9. The molecule has 0 aliphatic rings. The van der Waals surface area contributed by atoms with Gasteiger partial charge in [0.25, 0.3) is 0 Å². The van der Waals surface area contributed by atoms with Crippen molar-refractivity contribution in [3.63, 3.8) is 0 Å². The van der Waals surface area contributed by atoms with E-state index in [0.717, 1.165) is 5.56 Å². The average Bonchev–Trinajstić information content (AvgIpc) is 3.12. The molecule has 0 amide bonds. The first-order valence-electron chi connectivity index (χ1n) is 8.54. The summed E-state index contributed by atoms with van der Waals surface area (Å²) in [6, 6.07) is 21.9. The van der Waals surface area contributed by atoms with Crippen LogP contribution >= 0.6 is 11.6 Å². The van der Waals surface area contributed by atoms with E-state index in [9.17, 15) is 12.8 Å². The van der Waals surface area contributed by atoms with Gasteiger partial charge in [-0.3, -0.25) is 0 Å². The van der Waals surface area contributed by atoms with Crippen LogP contribution in [0.25, 0.3) is 16.9 Å². The molecule has 0 fully saturated rings. The molecule has 1 aromatic heterocycles. The minimum atomic E-state index is -4.13. The van der Waals surface area contributed by atoms with Crippen LogP contribution in [0.4, 0.5) is 4.39 Å². The highest BCUT2D eigenvalue weighted by Gasteiger charge is 2.21. The molecule has 0 spiro atoms. The van der Waals surface area contributed by atoms with E-state index in [1.54, 1.807) is 0 Å². The first-order chi connectivity index (χ1) is 13.9. The van der Waals surface area contributed by atoms with E-state index < -0.39 is 15.9 Å². The van der Waals surface area contributed by atoms with Gasteiger partial charge in [0.1, 0.15) is 10.7 Å². The fraction of sp³-hybridized carbons (Fsp3) is 0. The van der Waals surface area contributed by atoms with Crippen LogP contribution in [0.1, 0.15) is 0 Å². The van der Waals surface area contributed by atoms with E-state index in [1.165, 1.54) is 59.3 Å². The van der Waals surface area contributed by atoms with E-state index in [0.29, 0.717) is 16.4 Å². The summed E-state index contributed by atoms with van der Waals surface area (Å²) in [6.45, 7) is 0. The summed E-state index contributed by atoms with van der Waals surface area (Å²) in [5.74, 6) is -0.439. The fourth-order valence-corrected chi connectivity index (χ4v) is 3.74. The third-order valence-electron chi connectivity index (χ3n) is 4.11. The maximum absolute atomic E-state index is 13.3. The molecule has 3 aromatic carbocycles. The molecule has 0 unspecified atom stereocenters. The number of aromatic nitrogens is 2. The van der Waals surface area contributed by atoms with E-state index in [1.807, 2.05) is 30.3 Å². The van der Waals surface area contributed by atoms with Gasteiger partial charge in [-0.1, -0.05) is 41.9 Å². The van der Waals surface area contributed by atoms with E-state index in [-0.39, 0.29) is 10.8 Å². The standard InChI is InChI=1S/C21H14ClFN2O3S/c22-16-6-12-19(13-7-16)29(26,27)28-21-14-20(15-4-2-1-3-5-15)24-25(21)18-10-8-17(23)9-11-18/h1-14H. The normalized spacial score (nSPS) is 11.4. The van der Waals surface area contributed by atoms with E-state index >= 15 is 0 Å². The molecule has 29 heavy (non-hydrogen) atoms. The topological polar surface area (TPSA) is 61.2 Å². The van der Waals surface area contributed by atoms with Gasteiger partial charge >= 0.3 is 10.1 Å². The number of hydrogen-bond acceptors (Lipinski definition) is 4. The molecule has 0 bridgehead atoms. The third kappa shape index (κ3) is 4.16. The van der Waals surface area contributed by atoms with Gasteiger partial charge in [-0.15, -0.1) is 0 Å². The minimum absolute atomic E-state index is 0.0228. The lowest BCUT2D eigenvalue weighted by molar-refractivity contribution is 0.465. The predicted molar refractivity (Wildman–Crippen MR) is 108 cm³/mol. The summed E-state index contributed by atoms with van der Waals surface area (Å²) in [5, 5.41) is 4.86. The molecule has 4 aromatic rings. The molecule has 8 heteroatoms. The zero-order valence-corrected chi connectivity index (χ0v) is 16.4. The van der Waals surface area contributed by atoms with Crippen molar-refractivity contribution in [1.82, 2.24) is 9.78 Å². The molecule has 0 saturated carbocycles. The molecule has 146 valence electrons. The van der Waals surface area contributed by atoms with Gasteiger partial charge in [0.05, 0.1) is 11.4 Å². The maximum atomic E-state index is 13.3. The molecule has 0 saturated heterocycles. The monoisotopic (exact) mass is 428 g/mol. The van der Waals surface area contributed by atoms with Gasteiger partial charge in [0.2, 0.25) is 5.88 Å². The Morgan fingerprint density at radius 3 is 2.21 bits per heavy atom. The van der Waals surface area contributed by atoms with E-state index in [2.05, 4.69) is 5.10 Å². The Kier molecular flexibility index (Phi) is 5.08. The lowest BCUT2D eigenvalue weighted by Crippen LogP contribution is -2.12. The predicted octanol–water partition coefficient (Wildman–Crippen LogP) is 5.10. The second-order valence-electron chi connectivity index (χ2n) is 6.11. The van der Waals surface area contributed by atoms with Crippen molar-refractivity contribution in [3.8, 4) is 22.8 Å². The first-order valence-corrected chi connectivity index (χ1v) is 10.3. The zero-order chi connectivity index (χ0) is 20.4. The second-order valence-corrected chi connectivity index (χ2v) is 8.10. The van der Waals surface area contributed by atoms with Gasteiger partial charge in [0, 0.05) is 16.7 Å². The summed E-state index contributed by atoms with van der Waals surface area (Å²) in [7, 11) is -4.13. The van der Waals surface area contributed by atoms with Crippen molar-refractivity contribution in [1.29, 1.82) is 0 Å². The SMILES string of the molecule is O=S(=O)(Oc1cc(-c2ccccc2)nn1-c1ccc(F)cc1)c1ccc(Cl)cc1. The quantitative estimate of drug-likeness (QED) is 0.415. The summed E-state index contributed by atoms with van der Waals surface area (Å²) in [6.07, 6.45) is 0. The molecule has 0 aliphatic heterocycles. The Morgan fingerprint density at radius 1 is 0.897 bits per heavy atom. The van der Waals surface area contributed by atoms with E-state index in [4.69, 9.17) is 15.8 Å². The first kappa shape index (κ1) is 19.2. The molecule has 0 radical (unpaired) electrons. The van der Waals surface area contributed by atoms with Crippen LogP contribution in [0, 0.1) is 5.82 Å². The average molecular weight is 429 g/mol. The maximum Gasteiger partial charge on any atom is 0.340 e. The highest BCUT2D eigenvalue weighted by Crippen LogP contribution is 2.29. The Bertz CT molecular complexity index is 1240. The van der Waals surface area contributed by atoms with Gasteiger partial charge in [-0.2, -0.15) is 18.2 Å². The lowest BCUT2D eigenvalue weighted by Gasteiger charge is -2.09. The third-order valence-corrected chi connectivity index (χ3v) is 5.61. The van der Waals surface area contributed by atoms with Crippen LogP contribution in [-0.2, 0) is 10.1 Å². The minimum Gasteiger partial charge on any atom is -0.358 e. The fourth-order valence-electron chi connectivity index (χ4n) is 2.70. The molecule has 0 N–H and O–H groups in total. The molecule has 0 aliphatic carbocycles. The molecule has 5 nitrogen and oxygen atoms in total. The van der Waals surface area contributed by atoms with Crippen LogP contribution in [0.15, 0.2) is 89.8 Å². The summed E-state index contributed by atoms with van der Waals surface area (Å²) < 4.78 is 45.5. The number of nitrogens with zero attached hydrogens (tertiary/aromatic N) is 2. The van der Waals surface area contributed by atoms with Gasteiger partial charge in [0.15, 0.2) is 0 Å². The Hall–Kier alpha value is -3.16. The van der Waals surface area contributed by atoms with Gasteiger partial charge in [-0.25, -0.2) is 4.39 Å². The number of rotatable bonds is 5. The van der Waals surface area contributed by atoms with Crippen LogP contribution in [0.3, 0.4) is 0 Å². The molecular formula is C21H14ClFN2O3S. The summed E-state index contributed by atoms with van der Waals surface area (Å²) >= 11 is 5.83. The second kappa shape index (κ2) is 7.69. The van der Waals surface area contributed by atoms with Crippen molar-refractivity contribution < 1.29 is 17.0 Å². The number of benzene rings is 3. The summed E-state index contributed by atoms with van der Waals surface area (Å²) in [5.41, 5.74) is 1.74. The Labute approximate surface area is 172 Å². The highest BCUT2D eigenvalue weighted by atomic mass is 35.5. The summed E-state index contributed by atoms with van der Waals surface area (Å²) in [4.78, 5) is -0.0463. The Morgan fingerprint density at radius 2 is 1.55 bits per heavy atom. The van der Waals surface area contributed by atoms with Crippen LogP contribution in [-0.4, -0.2) is 18.2 Å². The molecule has 0 atom stereocenters. The molecule has 4 rings (SSSR count). The molecule has 1 heterocycles. The van der Waals surface area contributed by atoms with Crippen LogP contribution in [0.5, 0.6) is 5.88 Å².